The highest BCUT2D eigenvalue weighted by molar-refractivity contribution is 5.72. The molecule has 1 fully saturated rings. The number of cyclic esters (lactones) is 1. The number of hydrogen-bond acceptors (Lipinski definition) is 2. The van der Waals surface area contributed by atoms with Crippen LogP contribution in [-0.2, 0) is 9.53 Å². The van der Waals surface area contributed by atoms with E-state index in [0.29, 0.717) is 12.5 Å². The monoisotopic (exact) mass is 168 g/mol. The summed E-state index contributed by atoms with van der Waals surface area (Å²) in [4.78, 5) is 11.1. The van der Waals surface area contributed by atoms with Crippen molar-refractivity contribution in [3.05, 3.63) is 12.2 Å². The van der Waals surface area contributed by atoms with Crippen molar-refractivity contribution in [3.8, 4) is 0 Å². The molecule has 0 aromatic carbocycles. The molecule has 1 aliphatic heterocycles. The molecule has 1 heterocycles. The van der Waals surface area contributed by atoms with Gasteiger partial charge in [0, 0.05) is 5.92 Å². The van der Waals surface area contributed by atoms with Gasteiger partial charge in [-0.1, -0.05) is 19.1 Å². The lowest BCUT2D eigenvalue weighted by atomic mass is 9.94. The van der Waals surface area contributed by atoms with Crippen molar-refractivity contribution in [2.75, 3.05) is 6.61 Å². The predicted molar refractivity (Wildman–Crippen MR) is 47.7 cm³/mol. The van der Waals surface area contributed by atoms with Crippen molar-refractivity contribution in [2.24, 2.45) is 11.8 Å². The molecule has 0 amide bonds. The van der Waals surface area contributed by atoms with Crippen LogP contribution in [0.25, 0.3) is 0 Å². The summed E-state index contributed by atoms with van der Waals surface area (Å²) in [6, 6.07) is 0. The summed E-state index contributed by atoms with van der Waals surface area (Å²) in [5.74, 6) is 0.381. The number of esters is 1. The fourth-order valence-corrected chi connectivity index (χ4v) is 1.37. The molecule has 0 N–H and O–H groups in total. The molecule has 12 heavy (non-hydrogen) atoms. The van der Waals surface area contributed by atoms with Crippen LogP contribution in [0.3, 0.4) is 0 Å². The highest BCUT2D eigenvalue weighted by Gasteiger charge is 2.23. The van der Waals surface area contributed by atoms with Crippen LogP contribution in [0.2, 0.25) is 0 Å². The topological polar surface area (TPSA) is 26.3 Å². The van der Waals surface area contributed by atoms with Gasteiger partial charge in [-0.3, -0.25) is 4.79 Å². The third-order valence-corrected chi connectivity index (χ3v) is 2.47. The minimum Gasteiger partial charge on any atom is -0.465 e. The van der Waals surface area contributed by atoms with E-state index in [-0.39, 0.29) is 11.9 Å². The van der Waals surface area contributed by atoms with Gasteiger partial charge in [-0.15, -0.1) is 0 Å². The zero-order valence-electron chi connectivity index (χ0n) is 7.80. The Balaban J connectivity index is 2.55. The first-order valence-electron chi connectivity index (χ1n) is 4.43. The van der Waals surface area contributed by atoms with Crippen LogP contribution in [0.15, 0.2) is 12.2 Å². The van der Waals surface area contributed by atoms with Gasteiger partial charge in [0.05, 0.1) is 12.5 Å². The van der Waals surface area contributed by atoms with Crippen molar-refractivity contribution in [1.29, 1.82) is 0 Å². The van der Waals surface area contributed by atoms with E-state index < -0.39 is 0 Å². The molecule has 2 heteroatoms. The number of ether oxygens (including phenoxy) is 1. The Hall–Kier alpha value is -0.790. The zero-order valence-corrected chi connectivity index (χ0v) is 7.80. The van der Waals surface area contributed by atoms with Gasteiger partial charge < -0.3 is 4.74 Å². The molecule has 0 aliphatic carbocycles. The Labute approximate surface area is 73.6 Å². The summed E-state index contributed by atoms with van der Waals surface area (Å²) in [6.07, 6.45) is 1.96. The van der Waals surface area contributed by atoms with Crippen LogP contribution < -0.4 is 0 Å². The molecular formula is C10H16O2. The fraction of sp³-hybridized carbons (Fsp3) is 0.700. The maximum absolute atomic E-state index is 11.1. The second-order valence-electron chi connectivity index (χ2n) is 3.65. The number of carbonyl (C=O) groups is 1. The van der Waals surface area contributed by atoms with Crippen LogP contribution in [0, 0.1) is 11.8 Å². The maximum atomic E-state index is 11.1. The maximum Gasteiger partial charge on any atom is 0.308 e. The fourth-order valence-electron chi connectivity index (χ4n) is 1.37. The molecule has 0 unspecified atom stereocenters. The molecule has 0 aromatic heterocycles. The highest BCUT2D eigenvalue weighted by atomic mass is 16.5. The SMILES string of the molecule is C=C(C)[C@H]1CC[C@H](C)C(=O)OC1. The van der Waals surface area contributed by atoms with Gasteiger partial charge in [0.15, 0.2) is 0 Å². The first-order valence-corrected chi connectivity index (χ1v) is 4.43. The Morgan fingerprint density at radius 1 is 1.58 bits per heavy atom. The highest BCUT2D eigenvalue weighted by Crippen LogP contribution is 2.23. The van der Waals surface area contributed by atoms with E-state index in [0.717, 1.165) is 18.4 Å². The lowest BCUT2D eigenvalue weighted by Crippen LogP contribution is -2.13. The van der Waals surface area contributed by atoms with Crippen molar-refractivity contribution < 1.29 is 9.53 Å². The first kappa shape index (κ1) is 9.30. The molecular weight excluding hydrogens is 152 g/mol. The predicted octanol–water partition coefficient (Wildman–Crippen LogP) is 2.15. The van der Waals surface area contributed by atoms with Gasteiger partial charge in [-0.25, -0.2) is 0 Å². The summed E-state index contributed by atoms with van der Waals surface area (Å²) in [7, 11) is 0. The summed E-state index contributed by atoms with van der Waals surface area (Å²) >= 11 is 0. The average molecular weight is 168 g/mol. The minimum absolute atomic E-state index is 0.0567. The van der Waals surface area contributed by atoms with E-state index in [1.54, 1.807) is 0 Å². The van der Waals surface area contributed by atoms with Gasteiger partial charge in [0.1, 0.15) is 0 Å². The number of carbonyl (C=O) groups excluding carboxylic acids is 1. The van der Waals surface area contributed by atoms with Crippen molar-refractivity contribution in [1.82, 2.24) is 0 Å². The molecule has 0 radical (unpaired) electrons. The minimum atomic E-state index is -0.0567. The molecule has 1 saturated heterocycles. The molecule has 0 aromatic rings. The Morgan fingerprint density at radius 3 is 2.83 bits per heavy atom. The Kier molecular flexibility index (Phi) is 2.90. The van der Waals surface area contributed by atoms with Gasteiger partial charge in [0.2, 0.25) is 0 Å². The average Bonchev–Trinajstić information content (AvgIpc) is 2.16. The Bertz CT molecular complexity index is 196. The third-order valence-electron chi connectivity index (χ3n) is 2.47. The zero-order chi connectivity index (χ0) is 9.14. The van der Waals surface area contributed by atoms with Crippen molar-refractivity contribution in [3.63, 3.8) is 0 Å². The smallest absolute Gasteiger partial charge is 0.308 e. The van der Waals surface area contributed by atoms with Crippen LogP contribution >= 0.6 is 0 Å². The van der Waals surface area contributed by atoms with E-state index >= 15 is 0 Å². The van der Waals surface area contributed by atoms with Crippen LogP contribution in [0.5, 0.6) is 0 Å². The standard InChI is InChI=1S/C10H16O2/c1-7(2)9-5-4-8(3)10(11)12-6-9/h8-9H,1,4-6H2,2-3H3/t8-,9-/m0/s1. The third kappa shape index (κ3) is 2.10. The number of hydrogen-bond donors (Lipinski definition) is 0. The molecule has 68 valence electrons. The van der Waals surface area contributed by atoms with Gasteiger partial charge in [-0.05, 0) is 19.8 Å². The first-order chi connectivity index (χ1) is 5.61. The molecule has 2 atom stereocenters. The van der Waals surface area contributed by atoms with Gasteiger partial charge in [0.25, 0.3) is 0 Å². The number of rotatable bonds is 1. The lowest BCUT2D eigenvalue weighted by Gasteiger charge is -2.11. The summed E-state index contributed by atoms with van der Waals surface area (Å²) in [5.41, 5.74) is 1.12. The summed E-state index contributed by atoms with van der Waals surface area (Å²) < 4.78 is 5.09. The van der Waals surface area contributed by atoms with Crippen LogP contribution in [-0.4, -0.2) is 12.6 Å². The molecule has 0 bridgehead atoms. The lowest BCUT2D eigenvalue weighted by molar-refractivity contribution is -0.147. The largest absolute Gasteiger partial charge is 0.465 e. The van der Waals surface area contributed by atoms with E-state index in [2.05, 4.69) is 6.58 Å². The summed E-state index contributed by atoms with van der Waals surface area (Å²) in [5, 5.41) is 0. The van der Waals surface area contributed by atoms with E-state index in [1.165, 1.54) is 0 Å². The molecule has 0 spiro atoms. The molecule has 1 aliphatic rings. The second-order valence-corrected chi connectivity index (χ2v) is 3.65. The van der Waals surface area contributed by atoms with Crippen molar-refractivity contribution in [2.45, 2.75) is 26.7 Å². The van der Waals surface area contributed by atoms with Crippen LogP contribution in [0.1, 0.15) is 26.7 Å². The van der Waals surface area contributed by atoms with Crippen LogP contribution in [0.4, 0.5) is 0 Å². The quantitative estimate of drug-likeness (QED) is 0.443. The summed E-state index contributed by atoms with van der Waals surface area (Å²) in [6.45, 7) is 8.32. The molecule has 2 nitrogen and oxygen atoms in total. The second kappa shape index (κ2) is 3.74. The van der Waals surface area contributed by atoms with Gasteiger partial charge >= 0.3 is 5.97 Å². The normalized spacial score (nSPS) is 30.7. The van der Waals surface area contributed by atoms with E-state index in [1.807, 2.05) is 13.8 Å². The Morgan fingerprint density at radius 2 is 2.25 bits per heavy atom. The van der Waals surface area contributed by atoms with E-state index in [4.69, 9.17) is 4.74 Å². The van der Waals surface area contributed by atoms with E-state index in [9.17, 15) is 4.79 Å². The van der Waals surface area contributed by atoms with Crippen molar-refractivity contribution >= 4 is 5.97 Å². The molecule has 0 saturated carbocycles. The molecule has 1 rings (SSSR count). The van der Waals surface area contributed by atoms with Gasteiger partial charge in [-0.2, -0.15) is 0 Å².